The standard InChI is InChI=1S/C14H16BrIN2O2/c1-3-6-18-13(12(20-2)8-17-18)14(19)10-7-9(16)4-5-11(10)15/h4-5,7-8,14,19H,3,6H2,1-2H3. The highest BCUT2D eigenvalue weighted by atomic mass is 127. The lowest BCUT2D eigenvalue weighted by molar-refractivity contribution is 0.201. The van der Waals surface area contributed by atoms with Gasteiger partial charge in [0.15, 0.2) is 5.75 Å². The fraction of sp³-hybridized carbons (Fsp3) is 0.357. The van der Waals surface area contributed by atoms with Gasteiger partial charge in [-0.25, -0.2) is 0 Å². The van der Waals surface area contributed by atoms with E-state index in [1.165, 1.54) is 0 Å². The van der Waals surface area contributed by atoms with Gasteiger partial charge >= 0.3 is 0 Å². The van der Waals surface area contributed by atoms with Gasteiger partial charge in [-0.1, -0.05) is 22.9 Å². The molecule has 4 nitrogen and oxygen atoms in total. The minimum absolute atomic E-state index is 0.608. The summed E-state index contributed by atoms with van der Waals surface area (Å²) in [6.45, 7) is 2.82. The van der Waals surface area contributed by atoms with Gasteiger partial charge in [-0.05, 0) is 47.2 Å². The van der Waals surface area contributed by atoms with Crippen LogP contribution in [-0.2, 0) is 6.54 Å². The van der Waals surface area contributed by atoms with E-state index in [4.69, 9.17) is 4.74 Å². The zero-order valence-corrected chi connectivity index (χ0v) is 15.1. The number of hydrogen-bond donors (Lipinski definition) is 1. The number of ether oxygens (including phenoxy) is 1. The van der Waals surface area contributed by atoms with Crippen LogP contribution in [-0.4, -0.2) is 22.0 Å². The van der Waals surface area contributed by atoms with Crippen molar-refractivity contribution in [1.29, 1.82) is 0 Å². The van der Waals surface area contributed by atoms with Crippen molar-refractivity contribution >= 4 is 38.5 Å². The van der Waals surface area contributed by atoms with E-state index < -0.39 is 6.10 Å². The molecule has 2 aromatic rings. The average Bonchev–Trinajstić information content (AvgIpc) is 2.84. The molecule has 1 aromatic heterocycles. The van der Waals surface area contributed by atoms with Crippen molar-refractivity contribution in [3.8, 4) is 5.75 Å². The molecule has 6 heteroatoms. The van der Waals surface area contributed by atoms with Gasteiger partial charge in [-0.15, -0.1) is 0 Å². The Morgan fingerprint density at radius 2 is 2.25 bits per heavy atom. The Morgan fingerprint density at radius 3 is 2.90 bits per heavy atom. The van der Waals surface area contributed by atoms with Gasteiger partial charge in [-0.2, -0.15) is 5.10 Å². The van der Waals surface area contributed by atoms with Crippen molar-refractivity contribution in [2.75, 3.05) is 7.11 Å². The van der Waals surface area contributed by atoms with E-state index in [1.54, 1.807) is 18.0 Å². The molecule has 2 rings (SSSR count). The number of aromatic nitrogens is 2. The lowest BCUT2D eigenvalue weighted by atomic mass is 10.1. The molecule has 20 heavy (non-hydrogen) atoms. The second-order valence-corrected chi connectivity index (χ2v) is 6.49. The highest BCUT2D eigenvalue weighted by Crippen LogP contribution is 2.34. The summed E-state index contributed by atoms with van der Waals surface area (Å²) in [4.78, 5) is 0. The third-order valence-electron chi connectivity index (χ3n) is 3.01. The third-order valence-corrected chi connectivity index (χ3v) is 4.41. The fourth-order valence-electron chi connectivity index (χ4n) is 2.07. The summed E-state index contributed by atoms with van der Waals surface area (Å²) in [5.41, 5.74) is 1.50. The number of aliphatic hydroxyl groups excluding tert-OH is 1. The maximum absolute atomic E-state index is 10.7. The Balaban J connectivity index is 2.48. The largest absolute Gasteiger partial charge is 0.493 e. The van der Waals surface area contributed by atoms with Crippen molar-refractivity contribution in [2.45, 2.75) is 26.0 Å². The van der Waals surface area contributed by atoms with Crippen LogP contribution in [0.5, 0.6) is 5.75 Å². The molecule has 0 radical (unpaired) electrons. The maximum atomic E-state index is 10.7. The van der Waals surface area contributed by atoms with Crippen molar-refractivity contribution in [2.24, 2.45) is 0 Å². The molecule has 1 unspecified atom stereocenters. The van der Waals surface area contributed by atoms with Gasteiger partial charge in [0.2, 0.25) is 0 Å². The number of rotatable bonds is 5. The molecule has 0 aliphatic heterocycles. The smallest absolute Gasteiger partial charge is 0.163 e. The molecule has 0 bridgehead atoms. The maximum Gasteiger partial charge on any atom is 0.163 e. The second kappa shape index (κ2) is 6.91. The molecular formula is C14H16BrIN2O2. The predicted molar refractivity (Wildman–Crippen MR) is 90.0 cm³/mol. The van der Waals surface area contributed by atoms with Crippen molar-refractivity contribution in [3.63, 3.8) is 0 Å². The van der Waals surface area contributed by atoms with Crippen LogP contribution in [0.4, 0.5) is 0 Å². The average molecular weight is 451 g/mol. The summed E-state index contributed by atoms with van der Waals surface area (Å²) in [5.74, 6) is 0.608. The number of nitrogens with zero attached hydrogens (tertiary/aromatic N) is 2. The summed E-state index contributed by atoms with van der Waals surface area (Å²) < 4.78 is 9.07. The first-order valence-corrected chi connectivity index (χ1v) is 8.18. The first-order chi connectivity index (χ1) is 9.58. The van der Waals surface area contributed by atoms with Crippen LogP contribution in [0, 0.1) is 3.57 Å². The van der Waals surface area contributed by atoms with Crippen molar-refractivity contribution in [1.82, 2.24) is 9.78 Å². The van der Waals surface area contributed by atoms with E-state index in [0.29, 0.717) is 11.4 Å². The van der Waals surface area contributed by atoms with Gasteiger partial charge < -0.3 is 9.84 Å². The van der Waals surface area contributed by atoms with E-state index >= 15 is 0 Å². The van der Waals surface area contributed by atoms with E-state index in [0.717, 1.165) is 26.6 Å². The highest BCUT2D eigenvalue weighted by molar-refractivity contribution is 14.1. The molecule has 1 atom stereocenters. The summed E-state index contributed by atoms with van der Waals surface area (Å²) in [6.07, 6.45) is 1.82. The highest BCUT2D eigenvalue weighted by Gasteiger charge is 2.23. The van der Waals surface area contributed by atoms with Crippen LogP contribution in [0.3, 0.4) is 0 Å². The van der Waals surface area contributed by atoms with E-state index in [9.17, 15) is 5.11 Å². The lowest BCUT2D eigenvalue weighted by Crippen LogP contribution is -2.11. The Hall–Kier alpha value is -0.600. The minimum Gasteiger partial charge on any atom is -0.493 e. The lowest BCUT2D eigenvalue weighted by Gasteiger charge is -2.16. The van der Waals surface area contributed by atoms with Gasteiger partial charge in [0, 0.05) is 20.2 Å². The van der Waals surface area contributed by atoms with Crippen LogP contribution >= 0.6 is 38.5 Å². The zero-order chi connectivity index (χ0) is 14.7. The molecule has 0 aliphatic rings. The molecule has 1 aromatic carbocycles. The zero-order valence-electron chi connectivity index (χ0n) is 11.3. The van der Waals surface area contributed by atoms with Gasteiger partial charge in [-0.3, -0.25) is 4.68 Å². The van der Waals surface area contributed by atoms with Crippen LogP contribution in [0.1, 0.15) is 30.7 Å². The number of methoxy groups -OCH3 is 1. The summed E-state index contributed by atoms with van der Waals surface area (Å²) >= 11 is 5.72. The van der Waals surface area contributed by atoms with Crippen molar-refractivity contribution in [3.05, 3.63) is 43.7 Å². The third kappa shape index (κ3) is 3.17. The summed E-state index contributed by atoms with van der Waals surface area (Å²) in [7, 11) is 1.59. The Bertz CT molecular complexity index is 601. The van der Waals surface area contributed by atoms with Crippen LogP contribution < -0.4 is 4.74 Å². The number of benzene rings is 1. The number of aryl methyl sites for hydroxylation is 1. The van der Waals surface area contributed by atoms with Crippen LogP contribution in [0.15, 0.2) is 28.9 Å². The van der Waals surface area contributed by atoms with E-state index in [1.807, 2.05) is 18.2 Å². The molecular weight excluding hydrogens is 435 g/mol. The van der Waals surface area contributed by atoms with Crippen LogP contribution in [0.2, 0.25) is 0 Å². The van der Waals surface area contributed by atoms with E-state index in [-0.39, 0.29) is 0 Å². The Labute approximate surface area is 140 Å². The molecule has 0 spiro atoms. The Morgan fingerprint density at radius 1 is 1.50 bits per heavy atom. The molecule has 1 heterocycles. The first-order valence-electron chi connectivity index (χ1n) is 6.31. The second-order valence-electron chi connectivity index (χ2n) is 4.39. The molecule has 1 N–H and O–H groups in total. The van der Waals surface area contributed by atoms with Gasteiger partial charge in [0.1, 0.15) is 11.8 Å². The number of hydrogen-bond acceptors (Lipinski definition) is 3. The predicted octanol–water partition coefficient (Wildman–Crippen LogP) is 3.75. The molecule has 0 fully saturated rings. The fourth-order valence-corrected chi connectivity index (χ4v) is 3.05. The quantitative estimate of drug-likeness (QED) is 0.705. The van der Waals surface area contributed by atoms with Crippen molar-refractivity contribution < 1.29 is 9.84 Å². The monoisotopic (exact) mass is 450 g/mol. The molecule has 0 saturated heterocycles. The Kier molecular flexibility index (Phi) is 5.45. The normalized spacial score (nSPS) is 12.4. The number of aliphatic hydroxyl groups is 1. The summed E-state index contributed by atoms with van der Waals surface area (Å²) in [5, 5.41) is 15.0. The molecule has 0 saturated carbocycles. The number of halogens is 2. The van der Waals surface area contributed by atoms with Gasteiger partial charge in [0.25, 0.3) is 0 Å². The van der Waals surface area contributed by atoms with E-state index in [2.05, 4.69) is 50.5 Å². The topological polar surface area (TPSA) is 47.3 Å². The molecule has 0 aliphatic carbocycles. The molecule has 108 valence electrons. The first kappa shape index (κ1) is 15.8. The minimum atomic E-state index is -0.775. The SMILES string of the molecule is CCCn1ncc(OC)c1C(O)c1cc(I)ccc1Br. The van der Waals surface area contributed by atoms with Crippen LogP contribution in [0.25, 0.3) is 0 Å². The molecule has 0 amide bonds. The van der Waals surface area contributed by atoms with Gasteiger partial charge in [0.05, 0.1) is 13.3 Å². The summed E-state index contributed by atoms with van der Waals surface area (Å²) in [6, 6.07) is 5.88.